The fraction of sp³-hybridized carbons (Fsp3) is 0.0769. The summed E-state index contributed by atoms with van der Waals surface area (Å²) >= 11 is 0. The minimum Gasteiger partial charge on any atom is -0.393 e. The van der Waals surface area contributed by atoms with E-state index >= 15 is 0 Å². The average molecular weight is 300 g/mol. The van der Waals surface area contributed by atoms with Gasteiger partial charge in [-0.2, -0.15) is 13.2 Å². The highest BCUT2D eigenvalue weighted by Gasteiger charge is 2.35. The molecule has 0 aliphatic rings. The lowest BCUT2D eigenvalue weighted by atomic mass is 10.0. The number of alkyl halides is 3. The molecule has 0 spiro atoms. The minimum absolute atomic E-state index is 0.0560. The van der Waals surface area contributed by atoms with E-state index in [2.05, 4.69) is 0 Å². The van der Waals surface area contributed by atoms with Gasteiger partial charge >= 0.3 is 6.18 Å². The van der Waals surface area contributed by atoms with Crippen molar-refractivity contribution in [3.05, 3.63) is 57.9 Å². The zero-order chi connectivity index (χ0) is 15.8. The number of nitrogens with zero attached hydrogens (tertiary/aromatic N) is 1. The molecule has 8 heteroatoms. The standard InChI is InChI=1S/C13H8F4N2O2/c14-12-8(2-1-3-9(12)13(15,16)17)7-4-5-10(18)11(6-7)19(20)21/h1-6H,18H2. The molecule has 0 saturated heterocycles. The number of nitro benzene ring substituents is 1. The first-order valence-electron chi connectivity index (χ1n) is 5.62. The zero-order valence-electron chi connectivity index (χ0n) is 10.3. The summed E-state index contributed by atoms with van der Waals surface area (Å²) in [5.74, 6) is -1.48. The third-order valence-corrected chi connectivity index (χ3v) is 2.84. The zero-order valence-corrected chi connectivity index (χ0v) is 10.3. The van der Waals surface area contributed by atoms with E-state index in [4.69, 9.17) is 5.73 Å². The van der Waals surface area contributed by atoms with Crippen LogP contribution in [-0.4, -0.2) is 4.92 Å². The maximum Gasteiger partial charge on any atom is 0.419 e. The molecule has 0 unspecified atom stereocenters. The minimum atomic E-state index is -4.85. The maximum absolute atomic E-state index is 14.0. The molecule has 0 aromatic heterocycles. The Kier molecular flexibility index (Phi) is 3.54. The normalized spacial score (nSPS) is 11.4. The van der Waals surface area contributed by atoms with Crippen LogP contribution in [0.3, 0.4) is 0 Å². The molecule has 0 aliphatic heterocycles. The molecule has 0 heterocycles. The molecule has 2 aromatic rings. The van der Waals surface area contributed by atoms with Crippen molar-refractivity contribution >= 4 is 11.4 Å². The molecule has 2 aromatic carbocycles. The fourth-order valence-electron chi connectivity index (χ4n) is 1.84. The summed E-state index contributed by atoms with van der Waals surface area (Å²) in [4.78, 5) is 9.98. The highest BCUT2D eigenvalue weighted by atomic mass is 19.4. The number of anilines is 1. The second-order valence-electron chi connectivity index (χ2n) is 4.20. The first kappa shape index (κ1) is 14.8. The van der Waals surface area contributed by atoms with Crippen LogP contribution in [0, 0.1) is 15.9 Å². The van der Waals surface area contributed by atoms with Gasteiger partial charge in [-0.1, -0.05) is 18.2 Å². The van der Waals surface area contributed by atoms with E-state index in [-0.39, 0.29) is 16.8 Å². The number of benzene rings is 2. The molecule has 0 fully saturated rings. The van der Waals surface area contributed by atoms with Gasteiger partial charge in [0, 0.05) is 11.6 Å². The van der Waals surface area contributed by atoms with E-state index in [1.807, 2.05) is 0 Å². The summed E-state index contributed by atoms with van der Waals surface area (Å²) in [5, 5.41) is 10.8. The van der Waals surface area contributed by atoms with Gasteiger partial charge in [0.2, 0.25) is 0 Å². The van der Waals surface area contributed by atoms with E-state index in [0.29, 0.717) is 6.07 Å². The predicted octanol–water partition coefficient (Wildman–Crippen LogP) is 4.00. The topological polar surface area (TPSA) is 69.2 Å². The molecule has 21 heavy (non-hydrogen) atoms. The lowest BCUT2D eigenvalue weighted by Gasteiger charge is -2.11. The van der Waals surface area contributed by atoms with Crippen molar-refractivity contribution in [2.45, 2.75) is 6.18 Å². The van der Waals surface area contributed by atoms with Crippen LogP contribution in [0.15, 0.2) is 36.4 Å². The predicted molar refractivity (Wildman–Crippen MR) is 67.9 cm³/mol. The molecule has 110 valence electrons. The largest absolute Gasteiger partial charge is 0.419 e. The van der Waals surface area contributed by atoms with E-state index < -0.39 is 28.2 Å². The molecule has 0 saturated carbocycles. The van der Waals surface area contributed by atoms with Crippen molar-refractivity contribution in [2.75, 3.05) is 5.73 Å². The Balaban J connectivity index is 2.63. The van der Waals surface area contributed by atoms with Gasteiger partial charge in [-0.05, 0) is 17.7 Å². The van der Waals surface area contributed by atoms with E-state index in [1.54, 1.807) is 0 Å². The van der Waals surface area contributed by atoms with Crippen LogP contribution in [0.2, 0.25) is 0 Å². The van der Waals surface area contributed by atoms with Crippen LogP contribution < -0.4 is 5.73 Å². The first-order chi connectivity index (χ1) is 9.71. The number of nitrogen functional groups attached to an aromatic ring is 1. The Bertz CT molecular complexity index is 714. The maximum atomic E-state index is 14.0. The van der Waals surface area contributed by atoms with E-state index in [9.17, 15) is 27.7 Å². The van der Waals surface area contributed by atoms with Gasteiger partial charge in [-0.25, -0.2) is 4.39 Å². The Morgan fingerprint density at radius 3 is 2.38 bits per heavy atom. The number of hydrogen-bond donors (Lipinski definition) is 1. The monoisotopic (exact) mass is 300 g/mol. The highest BCUT2D eigenvalue weighted by Crippen LogP contribution is 2.37. The van der Waals surface area contributed by atoms with Crippen molar-refractivity contribution in [3.63, 3.8) is 0 Å². The van der Waals surface area contributed by atoms with E-state index in [1.165, 1.54) is 6.07 Å². The number of nitro groups is 1. The smallest absolute Gasteiger partial charge is 0.393 e. The third kappa shape index (κ3) is 2.78. The van der Waals surface area contributed by atoms with Crippen LogP contribution in [-0.2, 0) is 6.18 Å². The molecule has 0 bridgehead atoms. The molecule has 2 N–H and O–H groups in total. The number of halogens is 4. The van der Waals surface area contributed by atoms with E-state index in [0.717, 1.165) is 24.3 Å². The van der Waals surface area contributed by atoms with Gasteiger partial charge in [0.1, 0.15) is 11.5 Å². The number of hydrogen-bond acceptors (Lipinski definition) is 3. The molecule has 0 aliphatic carbocycles. The Hall–Kier alpha value is -2.64. The molecule has 0 radical (unpaired) electrons. The highest BCUT2D eigenvalue weighted by molar-refractivity contribution is 5.73. The van der Waals surface area contributed by atoms with Crippen LogP contribution >= 0.6 is 0 Å². The average Bonchev–Trinajstić information content (AvgIpc) is 2.38. The molecular weight excluding hydrogens is 292 g/mol. The summed E-state index contributed by atoms with van der Waals surface area (Å²) in [6.45, 7) is 0. The van der Waals surface area contributed by atoms with Crippen LogP contribution in [0.4, 0.5) is 28.9 Å². The lowest BCUT2D eigenvalue weighted by Crippen LogP contribution is -2.08. The van der Waals surface area contributed by atoms with Gasteiger partial charge in [-0.3, -0.25) is 10.1 Å². The first-order valence-corrected chi connectivity index (χ1v) is 5.62. The van der Waals surface area contributed by atoms with Gasteiger partial charge < -0.3 is 5.73 Å². The summed E-state index contributed by atoms with van der Waals surface area (Å²) in [6, 6.07) is 6.05. The van der Waals surface area contributed by atoms with Crippen molar-refractivity contribution in [3.8, 4) is 11.1 Å². The Morgan fingerprint density at radius 1 is 1.14 bits per heavy atom. The number of rotatable bonds is 2. The second kappa shape index (κ2) is 5.04. The van der Waals surface area contributed by atoms with Crippen LogP contribution in [0.5, 0.6) is 0 Å². The van der Waals surface area contributed by atoms with Crippen LogP contribution in [0.25, 0.3) is 11.1 Å². The Morgan fingerprint density at radius 2 is 1.81 bits per heavy atom. The molecule has 2 rings (SSSR count). The summed E-state index contributed by atoms with van der Waals surface area (Å²) in [7, 11) is 0. The van der Waals surface area contributed by atoms with Crippen molar-refractivity contribution in [1.82, 2.24) is 0 Å². The quantitative estimate of drug-likeness (QED) is 0.394. The van der Waals surface area contributed by atoms with Crippen molar-refractivity contribution in [2.24, 2.45) is 0 Å². The summed E-state index contributed by atoms with van der Waals surface area (Å²) < 4.78 is 51.9. The van der Waals surface area contributed by atoms with Gasteiger partial charge in [0.05, 0.1) is 10.5 Å². The van der Waals surface area contributed by atoms with Gasteiger partial charge in [-0.15, -0.1) is 0 Å². The van der Waals surface area contributed by atoms with Crippen LogP contribution in [0.1, 0.15) is 5.56 Å². The van der Waals surface area contributed by atoms with Gasteiger partial charge in [0.15, 0.2) is 0 Å². The molecule has 4 nitrogen and oxygen atoms in total. The van der Waals surface area contributed by atoms with Crippen molar-refractivity contribution in [1.29, 1.82) is 0 Å². The third-order valence-electron chi connectivity index (χ3n) is 2.84. The van der Waals surface area contributed by atoms with Crippen molar-refractivity contribution < 1.29 is 22.5 Å². The fourth-order valence-corrected chi connectivity index (χ4v) is 1.84. The SMILES string of the molecule is Nc1ccc(-c2cccc(C(F)(F)F)c2F)cc1[N+](=O)[O-]. The Labute approximate surface area is 116 Å². The second-order valence-corrected chi connectivity index (χ2v) is 4.20. The lowest BCUT2D eigenvalue weighted by molar-refractivity contribution is -0.383. The summed E-state index contributed by atoms with van der Waals surface area (Å²) in [5.41, 5.74) is 2.87. The summed E-state index contributed by atoms with van der Waals surface area (Å²) in [6.07, 6.45) is -4.85. The molecule has 0 atom stereocenters. The molecular formula is C13H8F4N2O2. The number of nitrogens with two attached hydrogens (primary N) is 1. The molecule has 0 amide bonds. The van der Waals surface area contributed by atoms with Gasteiger partial charge in [0.25, 0.3) is 5.69 Å².